The van der Waals surface area contributed by atoms with E-state index < -0.39 is 0 Å². The number of unbranched alkanes of at least 4 members (excludes halogenated alkanes) is 1. The third-order valence-electron chi connectivity index (χ3n) is 3.64. The largest absolute Gasteiger partial charge is 0.343 e. The van der Waals surface area contributed by atoms with Gasteiger partial charge in [-0.15, -0.1) is 22.3 Å². The second-order valence-electron chi connectivity index (χ2n) is 4.66. The van der Waals surface area contributed by atoms with Gasteiger partial charge >= 0.3 is 0 Å². The van der Waals surface area contributed by atoms with E-state index in [0.717, 1.165) is 12.8 Å². The number of benzene rings is 1. The third-order valence-corrected chi connectivity index (χ3v) is 3.64. The van der Waals surface area contributed by atoms with E-state index in [1.807, 2.05) is 0 Å². The van der Waals surface area contributed by atoms with Crippen LogP contribution >= 0.6 is 0 Å². The summed E-state index contributed by atoms with van der Waals surface area (Å²) in [5.74, 6) is 0. The number of rotatable bonds is 2. The van der Waals surface area contributed by atoms with Crippen LogP contribution in [0.5, 0.6) is 0 Å². The molecule has 0 aromatic heterocycles. The van der Waals surface area contributed by atoms with Gasteiger partial charge in [0.2, 0.25) is 0 Å². The Labute approximate surface area is 171 Å². The van der Waals surface area contributed by atoms with E-state index in [0.29, 0.717) is 0 Å². The Kier molecular flexibility index (Phi) is 17.3. The molecule has 0 amide bonds. The third kappa shape index (κ3) is 7.21. The molecule has 0 aliphatic carbocycles. The summed E-state index contributed by atoms with van der Waals surface area (Å²) in [6, 6.07) is 0. The average Bonchev–Trinajstić information content (AvgIpc) is 2.35. The molecule has 0 N–H and O–H groups in total. The van der Waals surface area contributed by atoms with Gasteiger partial charge in [-0.2, -0.15) is 18.9 Å². The normalized spacial score (nSPS) is 8.79. The standard InChI is InChI=1S/C13H19.C4H9.2Y/c1-7-13-11(5)9(3)8(2)10(4)12(13)6;1-3-4-2;;/h2,7H2,1,3-6H3;1,3-4H2,2H3;;/q2*-1;;. The first-order valence-corrected chi connectivity index (χ1v) is 6.62. The number of hydrogen-bond acceptors (Lipinski definition) is 0. The van der Waals surface area contributed by atoms with Crippen molar-refractivity contribution in [1.82, 2.24) is 0 Å². The zero-order valence-corrected chi connectivity index (χ0v) is 19.4. The van der Waals surface area contributed by atoms with Crippen molar-refractivity contribution in [3.05, 3.63) is 47.2 Å². The predicted molar refractivity (Wildman–Crippen MR) is 79.5 cm³/mol. The van der Waals surface area contributed by atoms with E-state index in [-0.39, 0.29) is 65.4 Å². The minimum Gasteiger partial charge on any atom is -0.343 e. The van der Waals surface area contributed by atoms with E-state index in [1.54, 1.807) is 0 Å². The van der Waals surface area contributed by atoms with Gasteiger partial charge in [0.25, 0.3) is 0 Å². The molecule has 0 saturated carbocycles. The molecule has 0 atom stereocenters. The van der Waals surface area contributed by atoms with Crippen LogP contribution in [0, 0.1) is 41.5 Å². The summed E-state index contributed by atoms with van der Waals surface area (Å²) in [6.45, 7) is 20.8. The molecule has 0 aliphatic rings. The monoisotopic (exact) mass is 410 g/mol. The van der Waals surface area contributed by atoms with Crippen LogP contribution in [0.3, 0.4) is 0 Å². The average molecular weight is 410 g/mol. The van der Waals surface area contributed by atoms with Gasteiger partial charge in [-0.05, 0) is 6.42 Å². The molecule has 1 aromatic rings. The van der Waals surface area contributed by atoms with Gasteiger partial charge in [-0.3, -0.25) is 0 Å². The Balaban J connectivity index is -0.000000379. The Morgan fingerprint density at radius 1 is 0.789 bits per heavy atom. The Morgan fingerprint density at radius 2 is 1.11 bits per heavy atom. The van der Waals surface area contributed by atoms with Crippen LogP contribution in [0.15, 0.2) is 0 Å². The molecule has 0 saturated heterocycles. The molecular formula is C17H28Y2-2. The number of hydrogen-bond donors (Lipinski definition) is 0. The second-order valence-corrected chi connectivity index (χ2v) is 4.66. The molecule has 0 fully saturated rings. The van der Waals surface area contributed by atoms with Crippen molar-refractivity contribution in [2.45, 2.75) is 60.8 Å². The smallest absolute Gasteiger partial charge is 0 e. The fraction of sp³-hybridized carbons (Fsp3) is 0.529. The molecule has 0 unspecified atom stereocenters. The van der Waals surface area contributed by atoms with Crippen LogP contribution in [-0.2, 0) is 71.8 Å². The molecule has 0 spiro atoms. The Bertz CT molecular complexity index is 337. The van der Waals surface area contributed by atoms with Crippen molar-refractivity contribution in [1.29, 1.82) is 0 Å². The predicted octanol–water partition coefficient (Wildman–Crippen LogP) is 5.28. The van der Waals surface area contributed by atoms with Gasteiger partial charge in [0.1, 0.15) is 0 Å². The molecule has 1 rings (SSSR count). The first kappa shape index (κ1) is 25.3. The van der Waals surface area contributed by atoms with Crippen LogP contribution in [0.25, 0.3) is 0 Å². The summed E-state index contributed by atoms with van der Waals surface area (Å²) >= 11 is 0. The molecule has 0 heterocycles. The molecule has 2 heteroatoms. The molecular weight excluding hydrogens is 382 g/mol. The first-order chi connectivity index (χ1) is 7.92. The van der Waals surface area contributed by atoms with Crippen molar-refractivity contribution < 1.29 is 65.4 Å². The van der Waals surface area contributed by atoms with Gasteiger partial charge < -0.3 is 6.92 Å². The maximum atomic E-state index is 4.12. The summed E-state index contributed by atoms with van der Waals surface area (Å²) in [5, 5.41) is 0. The van der Waals surface area contributed by atoms with Crippen LogP contribution in [0.4, 0.5) is 0 Å². The summed E-state index contributed by atoms with van der Waals surface area (Å²) in [5.41, 5.74) is 8.29. The first-order valence-electron chi connectivity index (χ1n) is 6.62. The van der Waals surface area contributed by atoms with Gasteiger partial charge in [0.15, 0.2) is 0 Å². The second kappa shape index (κ2) is 13.0. The van der Waals surface area contributed by atoms with Gasteiger partial charge in [-0.25, -0.2) is 0 Å². The van der Waals surface area contributed by atoms with Gasteiger partial charge in [0.05, 0.1) is 0 Å². The molecule has 0 bridgehead atoms. The quantitative estimate of drug-likeness (QED) is 0.582. The zero-order chi connectivity index (χ0) is 13.6. The van der Waals surface area contributed by atoms with Crippen LogP contribution in [0.2, 0.25) is 0 Å². The molecule has 104 valence electrons. The zero-order valence-electron chi connectivity index (χ0n) is 13.7. The van der Waals surface area contributed by atoms with Crippen molar-refractivity contribution in [2.24, 2.45) is 0 Å². The Morgan fingerprint density at radius 3 is 1.32 bits per heavy atom. The van der Waals surface area contributed by atoms with Crippen LogP contribution in [0.1, 0.15) is 60.1 Å². The van der Waals surface area contributed by atoms with Crippen LogP contribution < -0.4 is 0 Å². The van der Waals surface area contributed by atoms with Crippen molar-refractivity contribution in [2.75, 3.05) is 0 Å². The summed E-state index contributed by atoms with van der Waals surface area (Å²) in [6.07, 6.45) is 3.40. The topological polar surface area (TPSA) is 0 Å². The van der Waals surface area contributed by atoms with Crippen LogP contribution in [-0.4, -0.2) is 0 Å². The molecule has 1 aromatic carbocycles. The Hall–Kier alpha value is 1.30. The minimum absolute atomic E-state index is 0. The SMILES string of the molecule is [CH2-]CCC.[CH2-]c1c(C)c(C)c(CC)c(C)c1C.[Y].[Y]. The van der Waals surface area contributed by atoms with E-state index >= 15 is 0 Å². The molecule has 0 nitrogen and oxygen atoms in total. The van der Waals surface area contributed by atoms with E-state index in [1.165, 1.54) is 39.8 Å². The van der Waals surface area contributed by atoms with Crippen molar-refractivity contribution in [3.8, 4) is 0 Å². The van der Waals surface area contributed by atoms with E-state index in [4.69, 9.17) is 0 Å². The van der Waals surface area contributed by atoms with Gasteiger partial charge in [0, 0.05) is 65.4 Å². The molecule has 19 heavy (non-hydrogen) atoms. The van der Waals surface area contributed by atoms with Crippen molar-refractivity contribution in [3.63, 3.8) is 0 Å². The maximum Gasteiger partial charge on any atom is 0 e. The molecule has 2 radical (unpaired) electrons. The fourth-order valence-corrected chi connectivity index (χ4v) is 2.00. The summed E-state index contributed by atoms with van der Waals surface area (Å²) in [4.78, 5) is 0. The summed E-state index contributed by atoms with van der Waals surface area (Å²) in [7, 11) is 0. The summed E-state index contributed by atoms with van der Waals surface area (Å²) < 4.78 is 0. The van der Waals surface area contributed by atoms with Crippen molar-refractivity contribution >= 4 is 0 Å². The fourth-order valence-electron chi connectivity index (χ4n) is 2.00. The minimum atomic E-state index is 0. The van der Waals surface area contributed by atoms with E-state index in [2.05, 4.69) is 55.4 Å². The van der Waals surface area contributed by atoms with Gasteiger partial charge in [-0.1, -0.05) is 53.5 Å². The molecule has 0 aliphatic heterocycles. The van der Waals surface area contributed by atoms with E-state index in [9.17, 15) is 0 Å². The maximum absolute atomic E-state index is 4.12.